The molecule has 0 aliphatic carbocycles. The highest BCUT2D eigenvalue weighted by Gasteiger charge is 2.40. The molecule has 0 unspecified atom stereocenters. The largest absolute Gasteiger partial charge is 0.386 e. The SMILES string of the molecule is CC(C)(C)c1ccc(NC(=O)[C@@H](c2ccc(C(C)(C)O)cc2)N2C[C@@H](C(N)=O)CC2=O)cc1F. The summed E-state index contributed by atoms with van der Waals surface area (Å²) in [6, 6.07) is 10.1. The summed E-state index contributed by atoms with van der Waals surface area (Å²) >= 11 is 0. The van der Waals surface area contributed by atoms with Crippen molar-refractivity contribution in [3.05, 3.63) is 65.0 Å². The number of hydrogen-bond donors (Lipinski definition) is 3. The molecule has 2 aromatic carbocycles. The van der Waals surface area contributed by atoms with Crippen LogP contribution in [0.5, 0.6) is 0 Å². The molecule has 1 saturated heterocycles. The van der Waals surface area contributed by atoms with Crippen molar-refractivity contribution >= 4 is 23.4 Å². The molecule has 2 atom stereocenters. The molecule has 3 rings (SSSR count). The highest BCUT2D eigenvalue weighted by molar-refractivity contribution is 5.99. The fourth-order valence-corrected chi connectivity index (χ4v) is 4.13. The van der Waals surface area contributed by atoms with E-state index in [4.69, 9.17) is 5.73 Å². The molecule has 3 amide bonds. The van der Waals surface area contributed by atoms with Crippen molar-refractivity contribution in [2.24, 2.45) is 11.7 Å². The maximum atomic E-state index is 14.7. The molecule has 2 aromatic rings. The lowest BCUT2D eigenvalue weighted by molar-refractivity contribution is -0.135. The molecule has 1 fully saturated rings. The fourth-order valence-electron chi connectivity index (χ4n) is 4.13. The van der Waals surface area contributed by atoms with E-state index in [0.717, 1.165) is 0 Å². The number of halogens is 1. The maximum absolute atomic E-state index is 14.7. The van der Waals surface area contributed by atoms with Crippen LogP contribution in [0, 0.1) is 11.7 Å². The number of nitrogens with zero attached hydrogens (tertiary/aromatic N) is 1. The number of likely N-dealkylation sites (tertiary alicyclic amines) is 1. The van der Waals surface area contributed by atoms with E-state index in [1.807, 2.05) is 20.8 Å². The number of primary amides is 1. The zero-order valence-electron chi connectivity index (χ0n) is 20.2. The molecule has 0 radical (unpaired) electrons. The van der Waals surface area contributed by atoms with Crippen LogP contribution in [-0.4, -0.2) is 34.3 Å². The third-order valence-corrected chi connectivity index (χ3v) is 6.10. The van der Waals surface area contributed by atoms with Crippen LogP contribution in [0.4, 0.5) is 10.1 Å². The van der Waals surface area contributed by atoms with Crippen LogP contribution < -0.4 is 11.1 Å². The Hall–Kier alpha value is -3.26. The van der Waals surface area contributed by atoms with Gasteiger partial charge in [-0.05, 0) is 48.1 Å². The zero-order valence-corrected chi connectivity index (χ0v) is 20.2. The highest BCUT2D eigenvalue weighted by Crippen LogP contribution is 2.32. The van der Waals surface area contributed by atoms with Gasteiger partial charge in [-0.1, -0.05) is 51.1 Å². The van der Waals surface area contributed by atoms with Gasteiger partial charge in [0.05, 0.1) is 11.5 Å². The Morgan fingerprint density at radius 3 is 2.21 bits per heavy atom. The molecule has 1 heterocycles. The van der Waals surface area contributed by atoms with Crippen LogP contribution in [0.3, 0.4) is 0 Å². The predicted molar refractivity (Wildman–Crippen MR) is 127 cm³/mol. The first-order chi connectivity index (χ1) is 15.7. The Kier molecular flexibility index (Phi) is 6.85. The summed E-state index contributed by atoms with van der Waals surface area (Å²) in [5.74, 6) is -2.65. The van der Waals surface area contributed by atoms with Crippen molar-refractivity contribution in [3.8, 4) is 0 Å². The molecule has 8 heteroatoms. The van der Waals surface area contributed by atoms with E-state index in [1.165, 1.54) is 11.0 Å². The minimum absolute atomic E-state index is 0.0107. The number of carbonyl (C=O) groups excluding carboxylic acids is 3. The third-order valence-electron chi connectivity index (χ3n) is 6.10. The van der Waals surface area contributed by atoms with Crippen LogP contribution >= 0.6 is 0 Å². The minimum Gasteiger partial charge on any atom is -0.386 e. The molecular weight excluding hydrogens is 437 g/mol. The van der Waals surface area contributed by atoms with Crippen molar-refractivity contribution in [2.75, 3.05) is 11.9 Å². The van der Waals surface area contributed by atoms with Crippen molar-refractivity contribution in [3.63, 3.8) is 0 Å². The monoisotopic (exact) mass is 469 g/mol. The molecule has 0 saturated carbocycles. The second-order valence-corrected chi connectivity index (χ2v) is 10.4. The average Bonchev–Trinajstić information content (AvgIpc) is 3.08. The normalized spacial score (nSPS) is 17.6. The molecule has 0 bridgehead atoms. The molecule has 0 aromatic heterocycles. The molecule has 7 nitrogen and oxygen atoms in total. The molecule has 182 valence electrons. The highest BCUT2D eigenvalue weighted by atomic mass is 19.1. The van der Waals surface area contributed by atoms with Gasteiger partial charge in [0, 0.05) is 18.7 Å². The van der Waals surface area contributed by atoms with Crippen LogP contribution in [0.2, 0.25) is 0 Å². The first-order valence-corrected chi connectivity index (χ1v) is 11.2. The second kappa shape index (κ2) is 9.18. The topological polar surface area (TPSA) is 113 Å². The maximum Gasteiger partial charge on any atom is 0.251 e. The summed E-state index contributed by atoms with van der Waals surface area (Å²) in [5, 5.41) is 13.0. The van der Waals surface area contributed by atoms with Crippen LogP contribution in [0.1, 0.15) is 63.8 Å². The summed E-state index contributed by atoms with van der Waals surface area (Å²) in [4.78, 5) is 39.2. The summed E-state index contributed by atoms with van der Waals surface area (Å²) < 4.78 is 14.7. The number of anilines is 1. The summed E-state index contributed by atoms with van der Waals surface area (Å²) in [6.07, 6.45) is -0.0736. The number of carbonyl (C=O) groups is 3. The van der Waals surface area contributed by atoms with Gasteiger partial charge in [0.2, 0.25) is 11.8 Å². The molecule has 0 spiro atoms. The van der Waals surface area contributed by atoms with Crippen molar-refractivity contribution in [1.29, 1.82) is 0 Å². The lowest BCUT2D eigenvalue weighted by Crippen LogP contribution is -2.39. The van der Waals surface area contributed by atoms with E-state index in [0.29, 0.717) is 16.7 Å². The van der Waals surface area contributed by atoms with Gasteiger partial charge < -0.3 is 21.1 Å². The Morgan fingerprint density at radius 1 is 1.12 bits per heavy atom. The van der Waals surface area contributed by atoms with Crippen molar-refractivity contribution in [2.45, 2.75) is 58.1 Å². The van der Waals surface area contributed by atoms with Crippen LogP contribution in [0.25, 0.3) is 0 Å². The minimum atomic E-state index is -1.08. The number of benzene rings is 2. The van der Waals surface area contributed by atoms with Gasteiger partial charge in [-0.25, -0.2) is 4.39 Å². The van der Waals surface area contributed by atoms with Gasteiger partial charge in [0.25, 0.3) is 5.91 Å². The number of hydrogen-bond acceptors (Lipinski definition) is 4. The quantitative estimate of drug-likeness (QED) is 0.602. The molecule has 1 aliphatic rings. The lowest BCUT2D eigenvalue weighted by atomic mass is 9.86. The van der Waals surface area contributed by atoms with E-state index in [2.05, 4.69) is 5.32 Å². The first kappa shape index (κ1) is 25.4. The Morgan fingerprint density at radius 2 is 1.74 bits per heavy atom. The van der Waals surface area contributed by atoms with Crippen molar-refractivity contribution < 1.29 is 23.9 Å². The number of aliphatic hydroxyl groups is 1. The van der Waals surface area contributed by atoms with E-state index in [9.17, 15) is 23.9 Å². The number of nitrogens with two attached hydrogens (primary N) is 1. The van der Waals surface area contributed by atoms with Gasteiger partial charge in [0.1, 0.15) is 11.9 Å². The smallest absolute Gasteiger partial charge is 0.251 e. The number of nitrogens with one attached hydrogen (secondary N) is 1. The fraction of sp³-hybridized carbons (Fsp3) is 0.423. The third kappa shape index (κ3) is 5.44. The molecule has 34 heavy (non-hydrogen) atoms. The summed E-state index contributed by atoms with van der Waals surface area (Å²) in [5.41, 5.74) is 5.83. The number of amides is 3. The van der Waals surface area contributed by atoms with E-state index < -0.39 is 40.6 Å². The molecular formula is C26H32FN3O4. The van der Waals surface area contributed by atoms with Gasteiger partial charge in [-0.3, -0.25) is 14.4 Å². The Bertz CT molecular complexity index is 1100. The van der Waals surface area contributed by atoms with Gasteiger partial charge in [-0.15, -0.1) is 0 Å². The van der Waals surface area contributed by atoms with Gasteiger partial charge in [-0.2, -0.15) is 0 Å². The van der Waals surface area contributed by atoms with E-state index >= 15 is 0 Å². The Labute approximate surface area is 199 Å². The molecule has 1 aliphatic heterocycles. The Balaban J connectivity index is 1.95. The van der Waals surface area contributed by atoms with E-state index in [-0.39, 0.29) is 24.6 Å². The van der Waals surface area contributed by atoms with Crippen LogP contribution in [0.15, 0.2) is 42.5 Å². The van der Waals surface area contributed by atoms with Gasteiger partial charge >= 0.3 is 0 Å². The van der Waals surface area contributed by atoms with Gasteiger partial charge in [0.15, 0.2) is 0 Å². The lowest BCUT2D eigenvalue weighted by Gasteiger charge is -2.28. The van der Waals surface area contributed by atoms with E-state index in [1.54, 1.807) is 50.2 Å². The van der Waals surface area contributed by atoms with Crippen molar-refractivity contribution in [1.82, 2.24) is 4.90 Å². The standard InChI is InChI=1S/C26H32FN3O4/c1-25(2,3)19-11-10-18(13-20(19)27)29-24(33)22(30-14-16(23(28)32)12-21(30)31)15-6-8-17(9-7-15)26(4,5)34/h6-11,13,16,22,34H,12,14H2,1-5H3,(H2,28,32)(H,29,33)/t16-,22+/m0/s1. The zero-order chi connectivity index (χ0) is 25.4. The summed E-state index contributed by atoms with van der Waals surface area (Å²) in [6.45, 7) is 8.98. The van der Waals surface area contributed by atoms with Crippen LogP contribution in [-0.2, 0) is 25.4 Å². The summed E-state index contributed by atoms with van der Waals surface area (Å²) in [7, 11) is 0. The average molecular weight is 470 g/mol. The predicted octanol–water partition coefficient (Wildman–Crippen LogP) is 3.36. The first-order valence-electron chi connectivity index (χ1n) is 11.2. The number of rotatable bonds is 6. The molecule has 4 N–H and O–H groups in total. The second-order valence-electron chi connectivity index (χ2n) is 10.4.